The summed E-state index contributed by atoms with van der Waals surface area (Å²) >= 11 is 0. The van der Waals surface area contributed by atoms with Gasteiger partial charge in [-0.15, -0.1) is 12.4 Å². The first kappa shape index (κ1) is 12.7. The number of hydrogen-bond acceptors (Lipinski definition) is 3. The molecule has 1 amide bonds. The Hall–Kier alpha value is -0.320. The molecule has 2 N–H and O–H groups in total. The van der Waals surface area contributed by atoms with E-state index in [0.717, 1.165) is 32.5 Å². The van der Waals surface area contributed by atoms with Crippen molar-refractivity contribution in [2.24, 2.45) is 5.92 Å². The fourth-order valence-electron chi connectivity index (χ4n) is 2.36. The predicted octanol–water partition coefficient (Wildman–Crippen LogP) is -0.000600. The largest absolute Gasteiger partial charge is 0.383 e. The number of carbonyl (C=O) groups excluding carboxylic acids is 1. The Morgan fingerprint density at radius 1 is 1.40 bits per heavy atom. The van der Waals surface area contributed by atoms with Crippen LogP contribution in [0.2, 0.25) is 0 Å². The van der Waals surface area contributed by atoms with Crippen molar-refractivity contribution < 1.29 is 9.90 Å². The zero-order chi connectivity index (χ0) is 10.1. The monoisotopic (exact) mass is 234 g/mol. The standard InChI is InChI=1S/C10H18N2O2.ClH/c1-7-6-12(10(14)9(7)13)8-2-4-11-5-3-8;/h7-9,11,13H,2-6H2,1H3;1H/t7-,9+;/m1./s1. The molecule has 0 spiro atoms. The van der Waals surface area contributed by atoms with Crippen molar-refractivity contribution in [3.8, 4) is 0 Å². The number of nitrogens with zero attached hydrogens (tertiary/aromatic N) is 1. The lowest BCUT2D eigenvalue weighted by molar-refractivity contribution is -0.137. The molecule has 0 saturated carbocycles. The van der Waals surface area contributed by atoms with Gasteiger partial charge in [0.1, 0.15) is 6.10 Å². The molecule has 0 radical (unpaired) electrons. The molecule has 2 saturated heterocycles. The second kappa shape index (κ2) is 5.14. The van der Waals surface area contributed by atoms with Crippen LogP contribution in [-0.2, 0) is 4.79 Å². The smallest absolute Gasteiger partial charge is 0.252 e. The highest BCUT2D eigenvalue weighted by Crippen LogP contribution is 2.23. The molecule has 0 bridgehead atoms. The molecule has 15 heavy (non-hydrogen) atoms. The molecule has 2 heterocycles. The molecule has 0 aromatic carbocycles. The molecule has 2 aliphatic heterocycles. The van der Waals surface area contributed by atoms with Gasteiger partial charge < -0.3 is 15.3 Å². The molecular formula is C10H19ClN2O2. The van der Waals surface area contributed by atoms with Crippen molar-refractivity contribution in [3.05, 3.63) is 0 Å². The zero-order valence-electron chi connectivity index (χ0n) is 8.98. The highest BCUT2D eigenvalue weighted by atomic mass is 35.5. The van der Waals surface area contributed by atoms with Gasteiger partial charge in [0.15, 0.2) is 0 Å². The van der Waals surface area contributed by atoms with Gasteiger partial charge in [0.25, 0.3) is 5.91 Å². The summed E-state index contributed by atoms with van der Waals surface area (Å²) in [5.41, 5.74) is 0. The average Bonchev–Trinajstić information content (AvgIpc) is 2.47. The average molecular weight is 235 g/mol. The third-order valence-electron chi connectivity index (χ3n) is 3.31. The molecule has 0 aromatic heterocycles. The van der Waals surface area contributed by atoms with Crippen LogP contribution in [0.15, 0.2) is 0 Å². The third kappa shape index (κ3) is 2.44. The first-order valence-corrected chi connectivity index (χ1v) is 5.39. The van der Waals surface area contributed by atoms with Crippen LogP contribution in [0.1, 0.15) is 19.8 Å². The van der Waals surface area contributed by atoms with Crippen molar-refractivity contribution >= 4 is 18.3 Å². The van der Waals surface area contributed by atoms with Crippen LogP contribution in [-0.4, -0.2) is 47.7 Å². The Balaban J connectivity index is 0.00000112. The number of aliphatic hydroxyl groups is 1. The lowest BCUT2D eigenvalue weighted by Gasteiger charge is -2.31. The molecular weight excluding hydrogens is 216 g/mol. The SMILES string of the molecule is C[C@@H]1CN(C2CCNCC2)C(=O)[C@H]1O.Cl. The number of rotatable bonds is 1. The number of aliphatic hydroxyl groups excluding tert-OH is 1. The van der Waals surface area contributed by atoms with Gasteiger partial charge in [-0.2, -0.15) is 0 Å². The van der Waals surface area contributed by atoms with Gasteiger partial charge in [0.05, 0.1) is 0 Å². The van der Waals surface area contributed by atoms with Crippen LogP contribution >= 0.6 is 12.4 Å². The van der Waals surface area contributed by atoms with Gasteiger partial charge >= 0.3 is 0 Å². The Bertz CT molecular complexity index is 231. The molecule has 0 unspecified atom stereocenters. The number of amides is 1. The Morgan fingerprint density at radius 2 is 2.00 bits per heavy atom. The van der Waals surface area contributed by atoms with Gasteiger partial charge in [0, 0.05) is 18.5 Å². The first-order valence-electron chi connectivity index (χ1n) is 5.39. The molecule has 4 nitrogen and oxygen atoms in total. The summed E-state index contributed by atoms with van der Waals surface area (Å²) in [5.74, 6) is 0.0294. The van der Waals surface area contributed by atoms with E-state index in [1.54, 1.807) is 0 Å². The first-order chi connectivity index (χ1) is 6.70. The molecule has 88 valence electrons. The number of hydrogen-bond donors (Lipinski definition) is 2. The van der Waals surface area contributed by atoms with E-state index in [0.29, 0.717) is 6.04 Å². The second-order valence-electron chi connectivity index (χ2n) is 4.39. The summed E-state index contributed by atoms with van der Waals surface area (Å²) in [5, 5.41) is 12.8. The topological polar surface area (TPSA) is 52.6 Å². The molecule has 5 heteroatoms. The van der Waals surface area contributed by atoms with E-state index in [1.165, 1.54) is 0 Å². The van der Waals surface area contributed by atoms with Crippen LogP contribution < -0.4 is 5.32 Å². The second-order valence-corrected chi connectivity index (χ2v) is 4.39. The van der Waals surface area contributed by atoms with Crippen LogP contribution in [0, 0.1) is 5.92 Å². The Labute approximate surface area is 96.4 Å². The highest BCUT2D eigenvalue weighted by molar-refractivity contribution is 5.85. The number of piperidine rings is 1. The molecule has 0 aromatic rings. The fourth-order valence-corrected chi connectivity index (χ4v) is 2.36. The van der Waals surface area contributed by atoms with Gasteiger partial charge in [-0.3, -0.25) is 4.79 Å². The van der Waals surface area contributed by atoms with E-state index in [9.17, 15) is 9.90 Å². The number of carbonyl (C=O) groups is 1. The zero-order valence-corrected chi connectivity index (χ0v) is 9.80. The third-order valence-corrected chi connectivity index (χ3v) is 3.31. The van der Waals surface area contributed by atoms with Crippen molar-refractivity contribution in [2.75, 3.05) is 19.6 Å². The van der Waals surface area contributed by atoms with E-state index in [1.807, 2.05) is 11.8 Å². The van der Waals surface area contributed by atoms with E-state index in [4.69, 9.17) is 0 Å². The molecule has 2 fully saturated rings. The number of likely N-dealkylation sites (tertiary alicyclic amines) is 1. The lowest BCUT2D eigenvalue weighted by atomic mass is 10.1. The van der Waals surface area contributed by atoms with Crippen LogP contribution in [0.3, 0.4) is 0 Å². The van der Waals surface area contributed by atoms with Crippen molar-refractivity contribution in [1.29, 1.82) is 0 Å². The van der Waals surface area contributed by atoms with E-state index in [2.05, 4.69) is 5.32 Å². The van der Waals surface area contributed by atoms with E-state index >= 15 is 0 Å². The molecule has 2 aliphatic rings. The summed E-state index contributed by atoms with van der Waals surface area (Å²) < 4.78 is 0. The van der Waals surface area contributed by atoms with E-state index in [-0.39, 0.29) is 24.2 Å². The maximum atomic E-state index is 11.7. The molecule has 2 rings (SSSR count). The van der Waals surface area contributed by atoms with Crippen LogP contribution in [0.4, 0.5) is 0 Å². The maximum Gasteiger partial charge on any atom is 0.252 e. The van der Waals surface area contributed by atoms with Gasteiger partial charge in [0.2, 0.25) is 0 Å². The summed E-state index contributed by atoms with van der Waals surface area (Å²) in [6.07, 6.45) is 1.28. The van der Waals surface area contributed by atoms with Crippen molar-refractivity contribution in [1.82, 2.24) is 10.2 Å². The van der Waals surface area contributed by atoms with Gasteiger partial charge in [-0.05, 0) is 25.9 Å². The lowest BCUT2D eigenvalue weighted by Crippen LogP contribution is -2.44. The van der Waals surface area contributed by atoms with E-state index < -0.39 is 6.10 Å². The number of nitrogens with one attached hydrogen (secondary N) is 1. The predicted molar refractivity (Wildman–Crippen MR) is 60.0 cm³/mol. The van der Waals surface area contributed by atoms with Crippen LogP contribution in [0.5, 0.6) is 0 Å². The Morgan fingerprint density at radius 3 is 2.47 bits per heavy atom. The fraction of sp³-hybridized carbons (Fsp3) is 0.900. The van der Waals surface area contributed by atoms with Crippen molar-refractivity contribution in [2.45, 2.75) is 31.9 Å². The normalized spacial score (nSPS) is 32.9. The van der Waals surface area contributed by atoms with Gasteiger partial charge in [-0.25, -0.2) is 0 Å². The quantitative estimate of drug-likeness (QED) is 0.672. The van der Waals surface area contributed by atoms with Crippen molar-refractivity contribution in [3.63, 3.8) is 0 Å². The summed E-state index contributed by atoms with van der Waals surface area (Å²) in [4.78, 5) is 13.5. The van der Waals surface area contributed by atoms with Gasteiger partial charge in [-0.1, -0.05) is 6.92 Å². The summed E-state index contributed by atoms with van der Waals surface area (Å²) in [6, 6.07) is 0.350. The minimum Gasteiger partial charge on any atom is -0.383 e. The number of halogens is 1. The Kier molecular flexibility index (Phi) is 4.37. The summed E-state index contributed by atoms with van der Waals surface area (Å²) in [6.45, 7) is 4.63. The molecule has 0 aliphatic carbocycles. The highest BCUT2D eigenvalue weighted by Gasteiger charge is 2.39. The maximum absolute atomic E-state index is 11.7. The minimum atomic E-state index is -0.759. The minimum absolute atomic E-state index is 0. The molecule has 2 atom stereocenters. The van der Waals surface area contributed by atoms with Crippen LogP contribution in [0.25, 0.3) is 0 Å². The summed E-state index contributed by atoms with van der Waals surface area (Å²) in [7, 11) is 0.